The molecule has 0 spiro atoms. The maximum absolute atomic E-state index is 6.38. The van der Waals surface area contributed by atoms with E-state index in [1.807, 2.05) is 4.68 Å². The summed E-state index contributed by atoms with van der Waals surface area (Å²) >= 11 is 3.53. The van der Waals surface area contributed by atoms with Gasteiger partial charge in [0.05, 0.1) is 42.2 Å². The fraction of sp³-hybridized carbons (Fsp3) is 0.750. The van der Waals surface area contributed by atoms with Crippen LogP contribution in [0.3, 0.4) is 0 Å². The Balaban J connectivity index is 2.12. The van der Waals surface area contributed by atoms with Crippen LogP contribution in [0.2, 0.25) is 0 Å². The molecule has 0 amide bonds. The zero-order valence-corrected chi connectivity index (χ0v) is 12.2. The van der Waals surface area contributed by atoms with Gasteiger partial charge in [-0.2, -0.15) is 5.10 Å². The van der Waals surface area contributed by atoms with Crippen LogP contribution in [0.1, 0.15) is 24.6 Å². The lowest BCUT2D eigenvalue weighted by Gasteiger charge is -2.28. The summed E-state index contributed by atoms with van der Waals surface area (Å²) in [4.78, 5) is 0. The lowest BCUT2D eigenvalue weighted by atomic mass is 9.92. The highest BCUT2D eigenvalue weighted by molar-refractivity contribution is 9.10. The van der Waals surface area contributed by atoms with Gasteiger partial charge in [0.15, 0.2) is 0 Å². The average molecular weight is 318 g/mol. The molecule has 1 fully saturated rings. The Kier molecular flexibility index (Phi) is 5.17. The first kappa shape index (κ1) is 14.0. The van der Waals surface area contributed by atoms with Gasteiger partial charge < -0.3 is 15.2 Å². The highest BCUT2D eigenvalue weighted by Crippen LogP contribution is 2.31. The predicted octanol–water partition coefficient (Wildman–Crippen LogP) is 1.72. The van der Waals surface area contributed by atoms with Gasteiger partial charge in [0, 0.05) is 19.6 Å². The Morgan fingerprint density at radius 2 is 2.56 bits per heavy atom. The van der Waals surface area contributed by atoms with Crippen molar-refractivity contribution < 1.29 is 9.47 Å². The van der Waals surface area contributed by atoms with Gasteiger partial charge in [0.25, 0.3) is 0 Å². The number of hydrogen-bond acceptors (Lipinski definition) is 4. The van der Waals surface area contributed by atoms with Crippen molar-refractivity contribution in [1.82, 2.24) is 9.78 Å². The minimum absolute atomic E-state index is 0.0426. The fourth-order valence-electron chi connectivity index (χ4n) is 2.33. The molecule has 0 bridgehead atoms. The van der Waals surface area contributed by atoms with Crippen molar-refractivity contribution in [3.8, 4) is 0 Å². The normalized spacial score (nSPS) is 22.1. The third kappa shape index (κ3) is 3.12. The van der Waals surface area contributed by atoms with E-state index < -0.39 is 0 Å². The molecule has 0 aliphatic carbocycles. The molecule has 6 heteroatoms. The summed E-state index contributed by atoms with van der Waals surface area (Å²) in [5.41, 5.74) is 7.42. The molecule has 0 aromatic carbocycles. The van der Waals surface area contributed by atoms with Crippen molar-refractivity contribution in [3.63, 3.8) is 0 Å². The molecule has 1 aliphatic heterocycles. The van der Waals surface area contributed by atoms with Crippen molar-refractivity contribution in [1.29, 1.82) is 0 Å². The molecule has 5 nitrogen and oxygen atoms in total. The maximum atomic E-state index is 6.38. The first-order valence-corrected chi connectivity index (χ1v) is 7.06. The fourth-order valence-corrected chi connectivity index (χ4v) is 2.89. The number of ether oxygens (including phenoxy) is 2. The molecule has 18 heavy (non-hydrogen) atoms. The van der Waals surface area contributed by atoms with Gasteiger partial charge in [-0.15, -0.1) is 0 Å². The molecule has 2 N–H and O–H groups in total. The Hall–Kier alpha value is -0.430. The lowest BCUT2D eigenvalue weighted by Crippen LogP contribution is -2.31. The predicted molar refractivity (Wildman–Crippen MR) is 72.3 cm³/mol. The van der Waals surface area contributed by atoms with Crippen molar-refractivity contribution in [2.75, 3.05) is 26.9 Å². The van der Waals surface area contributed by atoms with Crippen LogP contribution in [0.4, 0.5) is 0 Å². The third-order valence-electron chi connectivity index (χ3n) is 3.36. The quantitative estimate of drug-likeness (QED) is 0.898. The van der Waals surface area contributed by atoms with Crippen LogP contribution in [-0.4, -0.2) is 36.7 Å². The Bertz CT molecular complexity index is 377. The minimum Gasteiger partial charge on any atom is -0.383 e. The van der Waals surface area contributed by atoms with E-state index in [-0.39, 0.29) is 6.04 Å². The monoisotopic (exact) mass is 317 g/mol. The molecule has 1 saturated heterocycles. The summed E-state index contributed by atoms with van der Waals surface area (Å²) < 4.78 is 13.5. The zero-order valence-electron chi connectivity index (χ0n) is 10.6. The smallest absolute Gasteiger partial charge is 0.0698 e. The van der Waals surface area contributed by atoms with Crippen LogP contribution in [0.15, 0.2) is 10.7 Å². The van der Waals surface area contributed by atoms with E-state index in [1.54, 1.807) is 13.3 Å². The molecule has 1 aromatic heterocycles. The lowest BCUT2D eigenvalue weighted by molar-refractivity contribution is 0.0433. The number of rotatable bonds is 5. The van der Waals surface area contributed by atoms with Crippen molar-refractivity contribution in [2.24, 2.45) is 11.7 Å². The summed E-state index contributed by atoms with van der Waals surface area (Å²) in [6.07, 6.45) is 4.00. The number of hydrogen-bond donors (Lipinski definition) is 1. The van der Waals surface area contributed by atoms with Crippen LogP contribution in [0, 0.1) is 5.92 Å². The van der Waals surface area contributed by atoms with E-state index in [1.165, 1.54) is 0 Å². The molecule has 2 rings (SSSR count). The topological polar surface area (TPSA) is 62.3 Å². The minimum atomic E-state index is -0.0426. The highest BCUT2D eigenvalue weighted by Gasteiger charge is 2.27. The molecular weight excluding hydrogens is 298 g/mol. The van der Waals surface area contributed by atoms with E-state index in [0.717, 1.165) is 42.8 Å². The number of nitrogens with zero attached hydrogens (tertiary/aromatic N) is 2. The maximum Gasteiger partial charge on any atom is 0.0698 e. The van der Waals surface area contributed by atoms with Gasteiger partial charge in [-0.25, -0.2) is 0 Å². The average Bonchev–Trinajstić information content (AvgIpc) is 2.77. The largest absolute Gasteiger partial charge is 0.383 e. The zero-order chi connectivity index (χ0) is 13.0. The van der Waals surface area contributed by atoms with Crippen LogP contribution in [-0.2, 0) is 16.0 Å². The summed E-state index contributed by atoms with van der Waals surface area (Å²) in [6, 6.07) is -0.0426. The number of nitrogens with two attached hydrogens (primary N) is 1. The molecule has 2 unspecified atom stereocenters. The van der Waals surface area contributed by atoms with E-state index in [4.69, 9.17) is 15.2 Å². The first-order valence-electron chi connectivity index (χ1n) is 6.27. The molecule has 0 radical (unpaired) electrons. The molecule has 2 heterocycles. The van der Waals surface area contributed by atoms with Gasteiger partial charge in [0.2, 0.25) is 0 Å². The second-order valence-electron chi connectivity index (χ2n) is 4.60. The van der Waals surface area contributed by atoms with E-state index in [9.17, 15) is 0 Å². The SMILES string of the molecule is COCCn1ncc(Br)c1C(N)C1CCCOC1. The summed E-state index contributed by atoms with van der Waals surface area (Å²) in [5.74, 6) is 0.369. The van der Waals surface area contributed by atoms with Crippen molar-refractivity contribution in [3.05, 3.63) is 16.4 Å². The van der Waals surface area contributed by atoms with Gasteiger partial charge in [-0.05, 0) is 28.8 Å². The van der Waals surface area contributed by atoms with Gasteiger partial charge >= 0.3 is 0 Å². The molecular formula is C12H20BrN3O2. The summed E-state index contributed by atoms with van der Waals surface area (Å²) in [7, 11) is 1.69. The second kappa shape index (κ2) is 6.65. The second-order valence-corrected chi connectivity index (χ2v) is 5.45. The Labute approximate surface area is 116 Å². The van der Waals surface area contributed by atoms with Gasteiger partial charge in [0.1, 0.15) is 0 Å². The molecule has 1 aromatic rings. The first-order chi connectivity index (χ1) is 8.74. The highest BCUT2D eigenvalue weighted by atomic mass is 79.9. The number of aromatic nitrogens is 2. The van der Waals surface area contributed by atoms with Crippen LogP contribution >= 0.6 is 15.9 Å². The number of halogens is 1. The van der Waals surface area contributed by atoms with Crippen molar-refractivity contribution in [2.45, 2.75) is 25.4 Å². The standard InChI is InChI=1S/C12H20BrN3O2/c1-17-6-4-16-12(10(13)7-15-16)11(14)9-3-2-5-18-8-9/h7,9,11H,2-6,8,14H2,1H3. The molecule has 1 aliphatic rings. The summed E-state index contributed by atoms with van der Waals surface area (Å²) in [6.45, 7) is 2.95. The van der Waals surface area contributed by atoms with Crippen LogP contribution in [0.25, 0.3) is 0 Å². The summed E-state index contributed by atoms with van der Waals surface area (Å²) in [5, 5.41) is 4.34. The van der Waals surface area contributed by atoms with Crippen molar-refractivity contribution >= 4 is 15.9 Å². The Morgan fingerprint density at radius 3 is 3.22 bits per heavy atom. The molecule has 102 valence electrons. The van der Waals surface area contributed by atoms with E-state index in [0.29, 0.717) is 12.5 Å². The molecule has 2 atom stereocenters. The number of methoxy groups -OCH3 is 1. The van der Waals surface area contributed by atoms with E-state index in [2.05, 4.69) is 21.0 Å². The van der Waals surface area contributed by atoms with Gasteiger partial charge in [-0.1, -0.05) is 0 Å². The molecule has 0 saturated carbocycles. The third-order valence-corrected chi connectivity index (χ3v) is 3.97. The van der Waals surface area contributed by atoms with Gasteiger partial charge in [-0.3, -0.25) is 4.68 Å². The van der Waals surface area contributed by atoms with Crippen LogP contribution < -0.4 is 5.73 Å². The Morgan fingerprint density at radius 1 is 1.72 bits per heavy atom. The van der Waals surface area contributed by atoms with E-state index >= 15 is 0 Å². The van der Waals surface area contributed by atoms with Crippen LogP contribution in [0.5, 0.6) is 0 Å².